The van der Waals surface area contributed by atoms with Crippen molar-refractivity contribution in [2.75, 3.05) is 12.5 Å². The predicted molar refractivity (Wildman–Crippen MR) is 66.5 cm³/mol. The monoisotopic (exact) mass is 413 g/mol. The Balaban J connectivity index is 0.000000399. The van der Waals surface area contributed by atoms with Crippen LogP contribution in [-0.4, -0.2) is 32.0 Å². The van der Waals surface area contributed by atoms with E-state index in [1.807, 2.05) is 24.3 Å². The molecule has 0 unspecified atom stereocenters. The molecule has 0 saturated carbocycles. The van der Waals surface area contributed by atoms with E-state index in [1.165, 1.54) is 5.56 Å². The Morgan fingerprint density at radius 2 is 1.37 bits per heavy atom. The molecular weight excluding hydrogens is 402 g/mol. The summed E-state index contributed by atoms with van der Waals surface area (Å²) in [5, 5.41) is 8.56. The zero-order valence-corrected chi connectivity index (χ0v) is 13.5. The Hall–Kier alpha value is -0.542. The van der Waals surface area contributed by atoms with Crippen molar-refractivity contribution in [3.05, 3.63) is 35.4 Å². The Bertz CT molecular complexity index is 447. The topological polar surface area (TPSA) is 23.8 Å². The van der Waals surface area contributed by atoms with Gasteiger partial charge in [0.05, 0.1) is 24.1 Å². The third kappa shape index (κ3) is 17.5. The number of nitrogens with zero attached hydrogens (tertiary/aromatic N) is 1. The summed E-state index contributed by atoms with van der Waals surface area (Å²) in [6.45, 7) is 0. The number of halogens is 6. The maximum atomic E-state index is 9.93. The van der Waals surface area contributed by atoms with Gasteiger partial charge in [0.25, 0.3) is 0 Å². The zero-order chi connectivity index (χ0) is 15.4. The molecule has 0 aromatic heterocycles. The van der Waals surface area contributed by atoms with Crippen molar-refractivity contribution in [1.82, 2.24) is 0 Å². The Kier molecular flexibility index (Phi) is 5.29. The first-order valence-electron chi connectivity index (χ1n) is 4.77. The first-order chi connectivity index (χ1) is 8.17. The molecule has 0 saturated heterocycles. The molecule has 0 aliphatic carbocycles. The van der Waals surface area contributed by atoms with Crippen molar-refractivity contribution in [2.24, 2.45) is 0 Å². The van der Waals surface area contributed by atoms with Crippen molar-refractivity contribution < 1.29 is 16.9 Å². The second kappa shape index (κ2) is 5.45. The van der Waals surface area contributed by atoms with Crippen LogP contribution in [0.5, 0.6) is 0 Å². The molecule has 0 atom stereocenters. The van der Waals surface area contributed by atoms with Gasteiger partial charge in [-0.3, -0.25) is 0 Å². The molecule has 1 aromatic carbocycles. The molecule has 1 rings (SSSR count). The summed E-state index contributed by atoms with van der Waals surface area (Å²) in [7, 11) is 0.442. The molecule has 0 aliphatic heterocycles. The van der Waals surface area contributed by atoms with Gasteiger partial charge in [0.15, 0.2) is 0 Å². The summed E-state index contributed by atoms with van der Waals surface area (Å²) in [4.78, 5) is 0. The summed E-state index contributed by atoms with van der Waals surface area (Å²) in [6.07, 6.45) is 4.44. The van der Waals surface area contributed by atoms with Crippen LogP contribution in [0.25, 0.3) is 0 Å². The molecular formula is C10H12F6NSSb. The van der Waals surface area contributed by atoms with Crippen LogP contribution >= 0.6 is 0 Å². The van der Waals surface area contributed by atoms with E-state index in [2.05, 4.69) is 18.6 Å². The average molecular weight is 414 g/mol. The molecule has 1 aromatic rings. The van der Waals surface area contributed by atoms with Gasteiger partial charge in [0.1, 0.15) is 5.75 Å². The number of rotatable bonds is 2. The van der Waals surface area contributed by atoms with Crippen LogP contribution < -0.4 is 0 Å². The van der Waals surface area contributed by atoms with E-state index < -0.39 is 19.5 Å². The van der Waals surface area contributed by atoms with Crippen LogP contribution in [0.3, 0.4) is 0 Å². The summed E-state index contributed by atoms with van der Waals surface area (Å²) >= 11 is -11.2. The van der Waals surface area contributed by atoms with Crippen LogP contribution in [0.4, 0.5) is 16.9 Å². The standard InChI is InChI=1S/C10H12NS.6FH.Sb/c1-12(2)8-10-5-3-9(7-11)4-6-10;;;;;;;/h3-6H,8H2,1-2H3;6*1H;/q+1;;;;;;;+5/p-6. The number of nitriles is 1. The minimum absolute atomic E-state index is 0.442. The van der Waals surface area contributed by atoms with E-state index in [4.69, 9.17) is 5.26 Å². The van der Waals surface area contributed by atoms with Crippen molar-refractivity contribution in [3.63, 3.8) is 0 Å². The zero-order valence-electron chi connectivity index (χ0n) is 10.1. The SMILES string of the molecule is C[S+](C)Cc1ccc(C#N)cc1.[F][Sb-]([F])([F])([F])([F])[F]. The van der Waals surface area contributed by atoms with Crippen molar-refractivity contribution in [3.8, 4) is 6.07 Å². The molecule has 0 radical (unpaired) electrons. The van der Waals surface area contributed by atoms with E-state index in [9.17, 15) is 16.9 Å². The van der Waals surface area contributed by atoms with Gasteiger partial charge in [-0.05, 0) is 23.0 Å². The van der Waals surface area contributed by atoms with E-state index in [1.54, 1.807) is 0 Å². The third-order valence-electron chi connectivity index (χ3n) is 1.54. The molecule has 0 heterocycles. The summed E-state index contributed by atoms with van der Waals surface area (Å²) < 4.78 is 59.6. The fraction of sp³-hybridized carbons (Fsp3) is 0.300. The van der Waals surface area contributed by atoms with Gasteiger partial charge in [0.2, 0.25) is 0 Å². The Labute approximate surface area is 112 Å². The molecule has 110 valence electrons. The van der Waals surface area contributed by atoms with Crippen molar-refractivity contribution >= 4 is 30.4 Å². The number of hydrogen-bond donors (Lipinski definition) is 0. The van der Waals surface area contributed by atoms with Gasteiger partial charge < -0.3 is 0 Å². The van der Waals surface area contributed by atoms with E-state index in [-0.39, 0.29) is 0 Å². The van der Waals surface area contributed by atoms with Gasteiger partial charge >= 0.3 is 36.4 Å². The number of hydrogen-bond acceptors (Lipinski definition) is 1. The molecule has 0 spiro atoms. The first-order valence-corrected chi connectivity index (χ1v) is 12.8. The van der Waals surface area contributed by atoms with Crippen LogP contribution in [0, 0.1) is 11.3 Å². The second-order valence-electron chi connectivity index (χ2n) is 3.90. The molecule has 0 amide bonds. The molecule has 0 N–H and O–H groups in total. The Morgan fingerprint density at radius 3 is 1.63 bits per heavy atom. The van der Waals surface area contributed by atoms with Gasteiger partial charge in [-0.25, -0.2) is 0 Å². The van der Waals surface area contributed by atoms with Gasteiger partial charge in [0, 0.05) is 5.56 Å². The van der Waals surface area contributed by atoms with Crippen molar-refractivity contribution in [2.45, 2.75) is 5.75 Å². The first kappa shape index (κ1) is 18.5. The van der Waals surface area contributed by atoms with Crippen LogP contribution in [0.15, 0.2) is 24.3 Å². The van der Waals surface area contributed by atoms with E-state index in [0.29, 0.717) is 10.9 Å². The van der Waals surface area contributed by atoms with Crippen LogP contribution in [-0.2, 0) is 16.6 Å². The molecule has 19 heavy (non-hydrogen) atoms. The summed E-state index contributed by atoms with van der Waals surface area (Å²) in [5.41, 5.74) is 2.06. The van der Waals surface area contributed by atoms with Crippen molar-refractivity contribution in [1.29, 1.82) is 5.26 Å². The van der Waals surface area contributed by atoms with Gasteiger partial charge in [-0.2, -0.15) is 5.26 Å². The van der Waals surface area contributed by atoms with Gasteiger partial charge in [-0.15, -0.1) is 0 Å². The fourth-order valence-electron chi connectivity index (χ4n) is 1.01. The van der Waals surface area contributed by atoms with Crippen LogP contribution in [0.2, 0.25) is 0 Å². The summed E-state index contributed by atoms with van der Waals surface area (Å²) in [6, 6.07) is 9.93. The quantitative estimate of drug-likeness (QED) is 0.407. The second-order valence-corrected chi connectivity index (χ2v) is 11.6. The Morgan fingerprint density at radius 1 is 1.00 bits per heavy atom. The minimum atomic E-state index is -11.2. The predicted octanol–water partition coefficient (Wildman–Crippen LogP) is 4.08. The third-order valence-corrected chi connectivity index (χ3v) is 2.45. The molecule has 1 nitrogen and oxygen atoms in total. The summed E-state index contributed by atoms with van der Waals surface area (Å²) in [5.74, 6) is 1.12. The van der Waals surface area contributed by atoms with E-state index in [0.717, 1.165) is 11.3 Å². The average Bonchev–Trinajstić information content (AvgIpc) is 2.13. The molecule has 0 fully saturated rings. The molecule has 0 bridgehead atoms. The van der Waals surface area contributed by atoms with Gasteiger partial charge in [-0.1, -0.05) is 12.1 Å². The molecule has 9 heteroatoms. The fourth-order valence-corrected chi connectivity index (χ4v) is 1.87. The normalized spacial score (nSPS) is 14.7. The maximum absolute atomic E-state index is 11.2. The van der Waals surface area contributed by atoms with Crippen LogP contribution in [0.1, 0.15) is 11.1 Å². The van der Waals surface area contributed by atoms with E-state index >= 15 is 0 Å². The molecule has 0 aliphatic rings. The number of benzene rings is 1.